The predicted molar refractivity (Wildman–Crippen MR) is 61.9 cm³/mol. The molecule has 2 unspecified atom stereocenters. The van der Waals surface area contributed by atoms with Crippen molar-refractivity contribution in [1.82, 2.24) is 4.98 Å². The number of hydrogen-bond acceptors (Lipinski definition) is 4. The molecular formula is C12H18N2O2. The van der Waals surface area contributed by atoms with Gasteiger partial charge in [0.25, 0.3) is 0 Å². The Balaban J connectivity index is 2.10. The number of aryl methyl sites for hydroxylation is 1. The molecule has 0 saturated carbocycles. The third kappa shape index (κ3) is 2.33. The number of nitrogen functional groups attached to an aromatic ring is 1. The molecule has 4 heteroatoms. The van der Waals surface area contributed by atoms with Crippen LogP contribution < -0.4 is 5.73 Å². The standard InChI is InChI=1S/C12H18N2O2/c1-8-2-4-14-12(13)11(8)10(15)6-9-3-5-16-7-9/h2,4,9-10,15H,3,5-7H2,1H3,(H2,13,14). The molecule has 1 aromatic rings. The van der Waals surface area contributed by atoms with Gasteiger partial charge in [0.15, 0.2) is 0 Å². The van der Waals surface area contributed by atoms with Crippen LogP contribution >= 0.6 is 0 Å². The van der Waals surface area contributed by atoms with Crippen LogP contribution in [0.25, 0.3) is 0 Å². The Bertz CT molecular complexity index is 342. The third-order valence-electron chi connectivity index (χ3n) is 3.15. The summed E-state index contributed by atoms with van der Waals surface area (Å²) in [6.07, 6.45) is 2.87. The highest BCUT2D eigenvalue weighted by atomic mass is 16.5. The van der Waals surface area contributed by atoms with E-state index in [4.69, 9.17) is 10.5 Å². The van der Waals surface area contributed by atoms with Crippen molar-refractivity contribution < 1.29 is 9.84 Å². The lowest BCUT2D eigenvalue weighted by Crippen LogP contribution is -2.11. The van der Waals surface area contributed by atoms with Crippen molar-refractivity contribution in [2.24, 2.45) is 5.92 Å². The summed E-state index contributed by atoms with van der Waals surface area (Å²) in [6, 6.07) is 1.88. The average Bonchev–Trinajstić information content (AvgIpc) is 2.70. The molecule has 0 spiro atoms. The minimum Gasteiger partial charge on any atom is -0.388 e. The molecule has 0 aliphatic carbocycles. The van der Waals surface area contributed by atoms with Crippen LogP contribution in [-0.4, -0.2) is 23.3 Å². The zero-order valence-corrected chi connectivity index (χ0v) is 9.52. The Morgan fingerprint density at radius 1 is 1.69 bits per heavy atom. The third-order valence-corrected chi connectivity index (χ3v) is 3.15. The summed E-state index contributed by atoms with van der Waals surface area (Å²) < 4.78 is 5.30. The van der Waals surface area contributed by atoms with Crippen molar-refractivity contribution in [3.8, 4) is 0 Å². The minimum absolute atomic E-state index is 0.436. The molecule has 2 heterocycles. The maximum absolute atomic E-state index is 10.2. The van der Waals surface area contributed by atoms with E-state index in [9.17, 15) is 5.11 Å². The van der Waals surface area contributed by atoms with E-state index in [1.807, 2.05) is 13.0 Å². The number of hydrogen-bond donors (Lipinski definition) is 2. The maximum Gasteiger partial charge on any atom is 0.129 e. The number of nitrogens with two attached hydrogens (primary N) is 1. The van der Waals surface area contributed by atoms with Crippen LogP contribution in [0.15, 0.2) is 12.3 Å². The van der Waals surface area contributed by atoms with Crippen molar-refractivity contribution in [2.45, 2.75) is 25.9 Å². The largest absolute Gasteiger partial charge is 0.388 e. The number of aliphatic hydroxyl groups is 1. The Hall–Kier alpha value is -1.13. The Labute approximate surface area is 95.4 Å². The van der Waals surface area contributed by atoms with Crippen LogP contribution in [0.3, 0.4) is 0 Å². The van der Waals surface area contributed by atoms with Gasteiger partial charge in [-0.05, 0) is 37.3 Å². The second kappa shape index (κ2) is 4.80. The van der Waals surface area contributed by atoms with E-state index < -0.39 is 6.10 Å². The van der Waals surface area contributed by atoms with Gasteiger partial charge in [0.2, 0.25) is 0 Å². The summed E-state index contributed by atoms with van der Waals surface area (Å²) in [5, 5.41) is 10.2. The second-order valence-electron chi connectivity index (χ2n) is 4.41. The molecule has 1 aliphatic heterocycles. The molecule has 0 bridgehead atoms. The first-order valence-corrected chi connectivity index (χ1v) is 5.65. The smallest absolute Gasteiger partial charge is 0.129 e. The van der Waals surface area contributed by atoms with Crippen LogP contribution in [0.4, 0.5) is 5.82 Å². The first kappa shape index (κ1) is 11.4. The SMILES string of the molecule is Cc1ccnc(N)c1C(O)CC1CCOC1. The quantitative estimate of drug-likeness (QED) is 0.811. The van der Waals surface area contributed by atoms with Gasteiger partial charge in [-0.15, -0.1) is 0 Å². The van der Waals surface area contributed by atoms with E-state index in [0.717, 1.165) is 30.8 Å². The Kier molecular flexibility index (Phi) is 3.41. The van der Waals surface area contributed by atoms with Crippen LogP contribution in [-0.2, 0) is 4.74 Å². The average molecular weight is 222 g/mol. The highest BCUT2D eigenvalue weighted by Gasteiger charge is 2.22. The highest BCUT2D eigenvalue weighted by Crippen LogP contribution is 2.30. The molecule has 1 aliphatic rings. The zero-order valence-electron chi connectivity index (χ0n) is 9.52. The van der Waals surface area contributed by atoms with Crippen molar-refractivity contribution in [3.63, 3.8) is 0 Å². The second-order valence-corrected chi connectivity index (χ2v) is 4.41. The molecule has 88 valence electrons. The number of ether oxygens (including phenoxy) is 1. The van der Waals surface area contributed by atoms with Gasteiger partial charge in [0.05, 0.1) is 6.10 Å². The zero-order chi connectivity index (χ0) is 11.5. The minimum atomic E-state index is -0.527. The normalized spacial score (nSPS) is 22.2. The molecule has 1 saturated heterocycles. The van der Waals surface area contributed by atoms with Gasteiger partial charge >= 0.3 is 0 Å². The molecule has 0 radical (unpaired) electrons. The fourth-order valence-electron chi connectivity index (χ4n) is 2.23. The summed E-state index contributed by atoms with van der Waals surface area (Å²) in [6.45, 7) is 3.50. The van der Waals surface area contributed by atoms with Gasteiger partial charge in [0, 0.05) is 25.0 Å². The molecule has 1 aromatic heterocycles. The fourth-order valence-corrected chi connectivity index (χ4v) is 2.23. The number of rotatable bonds is 3. The molecule has 1 fully saturated rings. The van der Waals surface area contributed by atoms with Gasteiger partial charge in [-0.1, -0.05) is 0 Å². The summed E-state index contributed by atoms with van der Waals surface area (Å²) in [7, 11) is 0. The van der Waals surface area contributed by atoms with Crippen LogP contribution in [0.5, 0.6) is 0 Å². The lowest BCUT2D eigenvalue weighted by atomic mass is 9.94. The molecule has 0 amide bonds. The molecular weight excluding hydrogens is 204 g/mol. The molecule has 3 N–H and O–H groups in total. The fraction of sp³-hybridized carbons (Fsp3) is 0.583. The van der Waals surface area contributed by atoms with Gasteiger partial charge in [-0.25, -0.2) is 4.98 Å². The predicted octanol–water partition coefficient (Wildman–Crippen LogP) is 1.43. The molecule has 0 aromatic carbocycles. The van der Waals surface area contributed by atoms with Gasteiger partial charge in [-0.3, -0.25) is 0 Å². The number of aliphatic hydroxyl groups excluding tert-OH is 1. The van der Waals surface area contributed by atoms with Gasteiger partial charge < -0.3 is 15.6 Å². The van der Waals surface area contributed by atoms with Crippen molar-refractivity contribution in [2.75, 3.05) is 18.9 Å². The Morgan fingerprint density at radius 3 is 3.12 bits per heavy atom. The topological polar surface area (TPSA) is 68.4 Å². The highest BCUT2D eigenvalue weighted by molar-refractivity contribution is 5.45. The molecule has 4 nitrogen and oxygen atoms in total. The monoisotopic (exact) mass is 222 g/mol. The van der Waals surface area contributed by atoms with Crippen molar-refractivity contribution >= 4 is 5.82 Å². The molecule has 2 atom stereocenters. The number of anilines is 1. The first-order chi connectivity index (χ1) is 7.68. The summed E-state index contributed by atoms with van der Waals surface area (Å²) in [4.78, 5) is 4.02. The lowest BCUT2D eigenvalue weighted by molar-refractivity contribution is 0.129. The molecule has 2 rings (SSSR count). The first-order valence-electron chi connectivity index (χ1n) is 5.65. The van der Waals surface area contributed by atoms with E-state index in [0.29, 0.717) is 18.2 Å². The maximum atomic E-state index is 10.2. The summed E-state index contributed by atoms with van der Waals surface area (Å²) in [5.74, 6) is 0.875. The van der Waals surface area contributed by atoms with Crippen LogP contribution in [0, 0.1) is 12.8 Å². The van der Waals surface area contributed by atoms with Crippen molar-refractivity contribution in [3.05, 3.63) is 23.4 Å². The van der Waals surface area contributed by atoms with E-state index in [1.54, 1.807) is 6.20 Å². The summed E-state index contributed by atoms with van der Waals surface area (Å²) in [5.41, 5.74) is 7.57. The number of pyridine rings is 1. The molecule has 16 heavy (non-hydrogen) atoms. The van der Waals surface area contributed by atoms with Crippen LogP contribution in [0.1, 0.15) is 30.1 Å². The van der Waals surface area contributed by atoms with Crippen LogP contribution in [0.2, 0.25) is 0 Å². The van der Waals surface area contributed by atoms with E-state index >= 15 is 0 Å². The number of aromatic nitrogens is 1. The van der Waals surface area contributed by atoms with E-state index in [2.05, 4.69) is 4.98 Å². The summed E-state index contributed by atoms with van der Waals surface area (Å²) >= 11 is 0. The van der Waals surface area contributed by atoms with E-state index in [1.165, 1.54) is 0 Å². The van der Waals surface area contributed by atoms with E-state index in [-0.39, 0.29) is 0 Å². The number of nitrogens with zero attached hydrogens (tertiary/aromatic N) is 1. The van der Waals surface area contributed by atoms with Gasteiger partial charge in [-0.2, -0.15) is 0 Å². The van der Waals surface area contributed by atoms with Gasteiger partial charge in [0.1, 0.15) is 5.82 Å². The lowest BCUT2D eigenvalue weighted by Gasteiger charge is -2.17. The Morgan fingerprint density at radius 2 is 2.50 bits per heavy atom. The van der Waals surface area contributed by atoms with Crippen molar-refractivity contribution in [1.29, 1.82) is 0 Å².